The molecule has 2 aliphatic rings. The molecule has 2 aliphatic carbocycles. The molecule has 0 radical (unpaired) electrons. The normalized spacial score (nSPS) is 14.5. The lowest BCUT2D eigenvalue weighted by atomic mass is 9.87. The summed E-state index contributed by atoms with van der Waals surface area (Å²) in [5.74, 6) is -1.27. The molecule has 5 aromatic rings. The van der Waals surface area contributed by atoms with E-state index >= 15 is 0 Å². The zero-order chi connectivity index (χ0) is 40.2. The molecule has 0 aromatic heterocycles. The van der Waals surface area contributed by atoms with Crippen LogP contribution in [0.4, 0.5) is 10.5 Å². The molecule has 2 atom stereocenters. The van der Waals surface area contributed by atoms with Crippen LogP contribution in [0.25, 0.3) is 22.3 Å². The molecule has 0 aliphatic heterocycles. The molecule has 3 amide bonds. The van der Waals surface area contributed by atoms with Gasteiger partial charge in [0.25, 0.3) is 0 Å². The zero-order valence-corrected chi connectivity index (χ0v) is 31.1. The number of nitrogens with one attached hydrogen (secondary N) is 3. The number of carbonyl (C=O) groups is 4. The van der Waals surface area contributed by atoms with Crippen LogP contribution in [-0.2, 0) is 40.4 Å². The Bertz CT molecular complexity index is 2400. The van der Waals surface area contributed by atoms with Crippen LogP contribution in [0.15, 0.2) is 102 Å². The maximum absolute atomic E-state index is 14.1. The quantitative estimate of drug-likeness (QED) is 0.0952. The number of benzene rings is 4. The van der Waals surface area contributed by atoms with E-state index in [1.165, 1.54) is 31.2 Å². The van der Waals surface area contributed by atoms with Gasteiger partial charge in [0.1, 0.15) is 18.4 Å². The summed E-state index contributed by atoms with van der Waals surface area (Å²) in [6, 6.07) is 26.1. The van der Waals surface area contributed by atoms with E-state index in [0.717, 1.165) is 22.3 Å². The van der Waals surface area contributed by atoms with Crippen molar-refractivity contribution in [2.45, 2.75) is 57.4 Å². The van der Waals surface area contributed by atoms with E-state index < -0.39 is 42.7 Å². The van der Waals surface area contributed by atoms with Gasteiger partial charge in [-0.3, -0.25) is 19.2 Å². The monoisotopic (exact) mass is 767 g/mol. The average molecular weight is 768 g/mol. The van der Waals surface area contributed by atoms with Gasteiger partial charge in [0.2, 0.25) is 17.2 Å². The van der Waals surface area contributed by atoms with Gasteiger partial charge in [0.15, 0.2) is 6.29 Å². The summed E-state index contributed by atoms with van der Waals surface area (Å²) < 4.78 is 5.75. The van der Waals surface area contributed by atoms with Gasteiger partial charge in [-0.05, 0) is 98.3 Å². The number of aldehydes is 1. The third kappa shape index (κ3) is 7.91. The first-order valence-electron chi connectivity index (χ1n) is 18.6. The molecule has 0 fully saturated rings. The van der Waals surface area contributed by atoms with Crippen molar-refractivity contribution in [3.8, 4) is 28.0 Å². The van der Waals surface area contributed by atoms with Gasteiger partial charge in [-0.2, -0.15) is 0 Å². The molecule has 12 heteroatoms. The highest BCUT2D eigenvalue weighted by molar-refractivity contribution is 5.97. The van der Waals surface area contributed by atoms with E-state index in [2.05, 4.69) is 16.0 Å². The highest BCUT2D eigenvalue weighted by Crippen LogP contribution is 2.45. The smallest absolute Gasteiger partial charge is 0.407 e. The molecule has 0 saturated heterocycles. The Morgan fingerprint density at radius 1 is 0.860 bits per heavy atom. The molecule has 6 N–H and O–H groups in total. The van der Waals surface area contributed by atoms with E-state index in [1.54, 1.807) is 24.3 Å². The lowest BCUT2D eigenvalue weighted by Gasteiger charge is -2.20. The SMILES string of the molecule is CC(=O)N[C@H]1CCc2cc(CO)c(CO)c(C=O)c2-c2ccc(NC(=O)[C@H](Cc3ccc(O)cc3)NC(=O)OCC3c4ccccc4-c4ccccc43)c(=O)cc21. The van der Waals surface area contributed by atoms with Crippen LogP contribution in [0, 0.1) is 0 Å². The van der Waals surface area contributed by atoms with Crippen LogP contribution in [0.1, 0.15) is 74.6 Å². The highest BCUT2D eigenvalue weighted by atomic mass is 16.5. The number of aliphatic hydroxyl groups excluding tert-OH is 2. The second-order valence-electron chi connectivity index (χ2n) is 14.2. The molecule has 0 saturated carbocycles. The maximum Gasteiger partial charge on any atom is 0.407 e. The van der Waals surface area contributed by atoms with Crippen molar-refractivity contribution in [3.05, 3.63) is 152 Å². The minimum absolute atomic E-state index is 0.00962. The Labute approximate surface area is 328 Å². The fourth-order valence-electron chi connectivity index (χ4n) is 8.03. The number of fused-ring (bicyclic) bond motifs is 6. The molecule has 0 heterocycles. The molecule has 0 unspecified atom stereocenters. The molecule has 290 valence electrons. The van der Waals surface area contributed by atoms with Crippen molar-refractivity contribution >= 4 is 29.9 Å². The van der Waals surface area contributed by atoms with Crippen molar-refractivity contribution < 1.29 is 39.2 Å². The molecule has 12 nitrogen and oxygen atoms in total. The molecule has 5 aromatic carbocycles. The Morgan fingerprint density at radius 3 is 2.18 bits per heavy atom. The number of anilines is 1. The number of aromatic hydroxyl groups is 1. The van der Waals surface area contributed by atoms with Gasteiger partial charge in [0, 0.05) is 24.8 Å². The number of aryl methyl sites for hydroxylation is 1. The average Bonchev–Trinajstić information content (AvgIpc) is 3.34. The minimum Gasteiger partial charge on any atom is -0.508 e. The predicted octanol–water partition coefficient (Wildman–Crippen LogP) is 5.43. The van der Waals surface area contributed by atoms with Gasteiger partial charge >= 0.3 is 6.09 Å². The summed E-state index contributed by atoms with van der Waals surface area (Å²) in [5.41, 5.74) is 6.77. The standard InChI is InChI=1S/C45H41N3O9/c1-25(52)46-39-16-12-27-19-28(21-49)36(22-50)37(23-51)43(27)34-15-17-40(42(54)20-35(34)39)47-44(55)41(18-26-10-13-29(53)14-11-26)48-45(56)57-24-38-32-8-4-2-6-30(32)31-7-3-5-9-33(31)38/h2-11,13-15,17,19-20,23,38-39,41,49-50,53H,12,16,18,21-22,24H2,1H3,(H,46,52)(H,48,56)(H,47,54,55)/t39-,41-/m0/s1. The second-order valence-corrected chi connectivity index (χ2v) is 14.2. The number of carbonyl (C=O) groups excluding carboxylic acids is 4. The molecular weight excluding hydrogens is 727 g/mol. The Balaban J connectivity index is 1.20. The number of hydrogen-bond acceptors (Lipinski definition) is 9. The minimum atomic E-state index is -1.23. The van der Waals surface area contributed by atoms with Gasteiger partial charge < -0.3 is 36.0 Å². The van der Waals surface area contributed by atoms with Crippen LogP contribution in [-0.4, -0.2) is 52.2 Å². The number of alkyl carbamates (subject to hydrolysis) is 1. The van der Waals surface area contributed by atoms with Crippen molar-refractivity contribution in [1.82, 2.24) is 10.6 Å². The van der Waals surface area contributed by atoms with Crippen molar-refractivity contribution in [3.63, 3.8) is 0 Å². The largest absolute Gasteiger partial charge is 0.508 e. The van der Waals surface area contributed by atoms with Crippen LogP contribution in [0.3, 0.4) is 0 Å². The third-order valence-electron chi connectivity index (χ3n) is 10.7. The van der Waals surface area contributed by atoms with Gasteiger partial charge in [-0.1, -0.05) is 72.8 Å². The number of phenolic OH excluding ortho intramolecular Hbond substituents is 1. The first-order valence-corrected chi connectivity index (χ1v) is 18.6. The predicted molar refractivity (Wildman–Crippen MR) is 213 cm³/mol. The molecule has 7 rings (SSSR count). The Hall–Kier alpha value is -6.63. The summed E-state index contributed by atoms with van der Waals surface area (Å²) >= 11 is 0. The number of ether oxygens (including phenoxy) is 1. The summed E-state index contributed by atoms with van der Waals surface area (Å²) in [7, 11) is 0. The van der Waals surface area contributed by atoms with Crippen LogP contribution >= 0.6 is 0 Å². The van der Waals surface area contributed by atoms with Crippen LogP contribution in [0.2, 0.25) is 0 Å². The lowest BCUT2D eigenvalue weighted by Crippen LogP contribution is -2.46. The van der Waals surface area contributed by atoms with Gasteiger partial charge in [-0.25, -0.2) is 4.79 Å². The van der Waals surface area contributed by atoms with Crippen molar-refractivity contribution in [2.75, 3.05) is 11.9 Å². The van der Waals surface area contributed by atoms with E-state index in [4.69, 9.17) is 4.74 Å². The lowest BCUT2D eigenvalue weighted by molar-refractivity contribution is -0.120. The zero-order valence-electron chi connectivity index (χ0n) is 31.1. The fraction of sp³-hybridized carbons (Fsp3) is 0.222. The topological polar surface area (TPSA) is 191 Å². The number of phenols is 1. The third-order valence-corrected chi connectivity index (χ3v) is 10.7. The van der Waals surface area contributed by atoms with E-state index in [0.29, 0.717) is 52.5 Å². The molecular formula is C45H41N3O9. The number of aliphatic hydroxyl groups is 2. The van der Waals surface area contributed by atoms with Crippen molar-refractivity contribution in [2.24, 2.45) is 0 Å². The van der Waals surface area contributed by atoms with Crippen LogP contribution in [0.5, 0.6) is 5.75 Å². The Morgan fingerprint density at radius 2 is 1.54 bits per heavy atom. The second kappa shape index (κ2) is 16.6. The van der Waals surface area contributed by atoms with E-state index in [9.17, 15) is 39.3 Å². The number of amides is 3. The molecule has 0 bridgehead atoms. The first-order chi connectivity index (χ1) is 27.6. The fourth-order valence-corrected chi connectivity index (χ4v) is 8.03. The summed E-state index contributed by atoms with van der Waals surface area (Å²) in [5, 5.41) is 38.4. The highest BCUT2D eigenvalue weighted by Gasteiger charge is 2.31. The van der Waals surface area contributed by atoms with Gasteiger partial charge in [0.05, 0.1) is 24.9 Å². The number of hydrogen-bond donors (Lipinski definition) is 6. The maximum atomic E-state index is 14.1. The number of rotatable bonds is 11. The summed E-state index contributed by atoms with van der Waals surface area (Å²) in [6.07, 6.45) is 0.476. The van der Waals surface area contributed by atoms with Crippen molar-refractivity contribution in [1.29, 1.82) is 0 Å². The molecule has 0 spiro atoms. The van der Waals surface area contributed by atoms with E-state index in [1.807, 2.05) is 48.5 Å². The Kier molecular flexibility index (Phi) is 11.3. The van der Waals surface area contributed by atoms with Crippen LogP contribution < -0.4 is 21.4 Å². The van der Waals surface area contributed by atoms with E-state index in [-0.39, 0.29) is 47.4 Å². The summed E-state index contributed by atoms with van der Waals surface area (Å²) in [4.78, 5) is 66.4. The molecule has 57 heavy (non-hydrogen) atoms. The summed E-state index contributed by atoms with van der Waals surface area (Å²) in [6.45, 7) is 0.432. The van der Waals surface area contributed by atoms with Gasteiger partial charge in [-0.15, -0.1) is 0 Å². The first kappa shape index (κ1) is 38.6.